The van der Waals surface area contributed by atoms with Crippen LogP contribution in [-0.2, 0) is 15.9 Å². The van der Waals surface area contributed by atoms with Crippen LogP contribution in [0.2, 0.25) is 0 Å². The van der Waals surface area contributed by atoms with E-state index < -0.39 is 22.4 Å². The zero-order chi connectivity index (χ0) is 34.9. The number of fused-ring (bicyclic) bond motifs is 3. The Bertz CT molecular complexity index is 1300. The van der Waals surface area contributed by atoms with Gasteiger partial charge in [0.2, 0.25) is 0 Å². The van der Waals surface area contributed by atoms with Crippen LogP contribution < -0.4 is 10.9 Å². The smallest absolute Gasteiger partial charge is 0.309 e. The number of hydrogen-bond donors (Lipinski definition) is 2. The van der Waals surface area contributed by atoms with E-state index >= 15 is 0 Å². The largest absolute Gasteiger partial charge is 0.427 e. The zero-order valence-electron chi connectivity index (χ0n) is 31.8. The van der Waals surface area contributed by atoms with Gasteiger partial charge >= 0.3 is 15.0 Å². The van der Waals surface area contributed by atoms with Crippen LogP contribution in [0.15, 0.2) is 36.4 Å². The Labute approximate surface area is 288 Å². The van der Waals surface area contributed by atoms with Gasteiger partial charge in [-0.3, -0.25) is 0 Å². The summed E-state index contributed by atoms with van der Waals surface area (Å²) in [5.41, 5.74) is 1.46. The lowest BCUT2D eigenvalue weighted by Crippen LogP contribution is -2.49. The van der Waals surface area contributed by atoms with Crippen molar-refractivity contribution in [2.45, 2.75) is 175 Å². The molecule has 3 rings (SSSR count). The zero-order valence-corrected chi connectivity index (χ0v) is 31.8. The van der Waals surface area contributed by atoms with Crippen molar-refractivity contribution >= 4 is 47.7 Å². The molecule has 0 saturated heterocycles. The van der Waals surface area contributed by atoms with E-state index in [1.807, 2.05) is 55.4 Å². The Morgan fingerprint density at radius 2 is 0.979 bits per heavy atom. The summed E-state index contributed by atoms with van der Waals surface area (Å²) >= 11 is 0. The molecule has 0 radical (unpaired) electrons. The summed E-state index contributed by atoms with van der Waals surface area (Å²) in [5, 5.41) is 23.9. The predicted molar refractivity (Wildman–Crippen MR) is 206 cm³/mol. The fraction of sp³-hybridized carbons (Fsp3) is 0.700. The molecule has 0 aliphatic carbocycles. The molecule has 7 heteroatoms. The van der Waals surface area contributed by atoms with E-state index in [9.17, 15) is 10.2 Å². The van der Waals surface area contributed by atoms with E-state index in [2.05, 4.69) is 54.8 Å². The molecule has 0 amide bonds. The molecule has 1 unspecified atom stereocenters. The Balaban J connectivity index is 2.00. The number of benzene rings is 2. The van der Waals surface area contributed by atoms with Crippen molar-refractivity contribution in [2.75, 3.05) is 0 Å². The molecule has 2 N–H and O–H groups in total. The molecule has 2 aromatic carbocycles. The summed E-state index contributed by atoms with van der Waals surface area (Å²) in [4.78, 5) is 0. The Morgan fingerprint density at radius 3 is 1.38 bits per heavy atom. The van der Waals surface area contributed by atoms with Gasteiger partial charge in [0.15, 0.2) is 0 Å². The van der Waals surface area contributed by atoms with Gasteiger partial charge < -0.3 is 24.1 Å². The molecule has 1 atom stereocenters. The average molecular weight is 648 g/mol. The number of rotatable bonds is 22. The van der Waals surface area contributed by atoms with Crippen LogP contribution in [0.25, 0.3) is 21.8 Å². The molecule has 0 aliphatic rings. The van der Waals surface area contributed by atoms with Crippen molar-refractivity contribution in [1.82, 2.24) is 4.57 Å². The van der Waals surface area contributed by atoms with Gasteiger partial charge in [-0.15, -0.1) is 0 Å². The first-order valence-corrected chi connectivity index (χ1v) is 18.8. The second kappa shape index (κ2) is 17.2. The molecule has 0 saturated carbocycles. The number of nitrogens with zero attached hydrogens (tertiary/aromatic N) is 1. The predicted octanol–water partition coefficient (Wildman–Crippen LogP) is 8.22. The Kier molecular flexibility index (Phi) is 14.5. The number of aliphatic hydroxyl groups is 2. The van der Waals surface area contributed by atoms with Crippen molar-refractivity contribution in [3.8, 4) is 0 Å². The molecule has 0 fully saturated rings. The normalized spacial score (nSPS) is 13.9. The van der Waals surface area contributed by atoms with Crippen molar-refractivity contribution in [2.24, 2.45) is 5.92 Å². The highest BCUT2D eigenvalue weighted by Crippen LogP contribution is 2.32. The fourth-order valence-corrected chi connectivity index (χ4v) is 6.10. The second-order valence-electron chi connectivity index (χ2n) is 16.3. The Morgan fingerprint density at radius 1 is 0.596 bits per heavy atom. The minimum atomic E-state index is -0.953. The fourth-order valence-electron chi connectivity index (χ4n) is 6.10. The molecule has 5 nitrogen and oxygen atoms in total. The van der Waals surface area contributed by atoms with E-state index in [1.165, 1.54) is 98.9 Å². The van der Waals surface area contributed by atoms with Gasteiger partial charge in [0, 0.05) is 28.4 Å². The summed E-state index contributed by atoms with van der Waals surface area (Å²) in [5.74, 6) is 0.625. The van der Waals surface area contributed by atoms with E-state index in [-0.39, 0.29) is 0 Å². The Hall–Kier alpha value is -1.79. The molecule has 0 bridgehead atoms. The quantitative estimate of drug-likeness (QED) is 0.0853. The van der Waals surface area contributed by atoms with E-state index in [0.717, 1.165) is 17.5 Å². The summed E-state index contributed by atoms with van der Waals surface area (Å²) < 4.78 is 15.2. The number of unbranched alkanes of at least 4 members (excludes halogenated alkanes) is 8. The summed E-state index contributed by atoms with van der Waals surface area (Å²) in [6.45, 7) is 20.6. The average Bonchev–Trinajstić information content (AvgIpc) is 3.29. The van der Waals surface area contributed by atoms with Gasteiger partial charge in [-0.05, 0) is 86.3 Å². The second-order valence-corrected chi connectivity index (χ2v) is 16.3. The van der Waals surface area contributed by atoms with Crippen LogP contribution in [0.5, 0.6) is 0 Å². The first-order chi connectivity index (χ1) is 22.0. The molecule has 1 aromatic heterocycles. The molecular formula is C40H67B2NO4. The highest BCUT2D eigenvalue weighted by Gasteiger charge is 2.36. The number of hydrogen-bond acceptors (Lipinski definition) is 4. The lowest BCUT2D eigenvalue weighted by molar-refractivity contribution is -0.0893. The first-order valence-electron chi connectivity index (χ1n) is 18.8. The topological polar surface area (TPSA) is 63.9 Å². The van der Waals surface area contributed by atoms with Gasteiger partial charge in [0.25, 0.3) is 0 Å². The van der Waals surface area contributed by atoms with Crippen molar-refractivity contribution in [1.29, 1.82) is 0 Å². The van der Waals surface area contributed by atoms with Crippen LogP contribution in [0, 0.1) is 5.92 Å². The third-order valence-electron chi connectivity index (χ3n) is 11.0. The molecule has 47 heavy (non-hydrogen) atoms. The van der Waals surface area contributed by atoms with Crippen molar-refractivity contribution in [3.05, 3.63) is 36.4 Å². The maximum Gasteiger partial charge on any atom is 0.309 e. The lowest BCUT2D eigenvalue weighted by Gasteiger charge is -2.37. The van der Waals surface area contributed by atoms with Crippen LogP contribution in [0.1, 0.15) is 146 Å². The summed E-state index contributed by atoms with van der Waals surface area (Å²) in [6.07, 6.45) is 15.7. The summed E-state index contributed by atoms with van der Waals surface area (Å²) in [7, 11) is 0.884. The molecule has 3 aromatic rings. The minimum Gasteiger partial charge on any atom is -0.427 e. The van der Waals surface area contributed by atoms with Gasteiger partial charge in [-0.25, -0.2) is 0 Å². The minimum absolute atomic E-state index is 0.442. The van der Waals surface area contributed by atoms with Crippen LogP contribution in [0.4, 0.5) is 0 Å². The molecular weight excluding hydrogens is 580 g/mol. The number of aromatic nitrogens is 1. The van der Waals surface area contributed by atoms with Gasteiger partial charge in [-0.2, -0.15) is 0 Å². The maximum atomic E-state index is 10.7. The highest BCUT2D eigenvalue weighted by molar-refractivity contribution is 6.48. The van der Waals surface area contributed by atoms with Crippen molar-refractivity contribution in [3.63, 3.8) is 0 Å². The third-order valence-corrected chi connectivity index (χ3v) is 11.0. The summed E-state index contributed by atoms with van der Waals surface area (Å²) in [6, 6.07) is 13.5. The van der Waals surface area contributed by atoms with E-state index in [0.29, 0.717) is 20.9 Å². The first kappa shape index (κ1) is 39.6. The van der Waals surface area contributed by atoms with Gasteiger partial charge in [-0.1, -0.05) is 113 Å². The molecule has 262 valence electrons. The monoisotopic (exact) mass is 648 g/mol. The van der Waals surface area contributed by atoms with E-state index in [4.69, 9.17) is 9.31 Å². The van der Waals surface area contributed by atoms with Gasteiger partial charge in [0.05, 0.1) is 22.4 Å². The van der Waals surface area contributed by atoms with Crippen LogP contribution >= 0.6 is 0 Å². The SMILES string of the molecule is CCCCCCCCC(CCCCCC)Cn1c2cc(BOC(C)(C)C(C)(C)O)ccc2c2ccc(BOC(C)(C)C(C)(C)O)cc21. The van der Waals surface area contributed by atoms with Crippen LogP contribution in [0.3, 0.4) is 0 Å². The van der Waals surface area contributed by atoms with Crippen LogP contribution in [-0.4, -0.2) is 52.1 Å². The lowest BCUT2D eigenvalue weighted by atomic mass is 9.82. The highest BCUT2D eigenvalue weighted by atomic mass is 16.5. The van der Waals surface area contributed by atoms with E-state index in [1.54, 1.807) is 0 Å². The third kappa shape index (κ3) is 11.1. The van der Waals surface area contributed by atoms with Crippen molar-refractivity contribution < 1.29 is 19.5 Å². The molecule has 0 spiro atoms. The van der Waals surface area contributed by atoms with Gasteiger partial charge in [0.1, 0.15) is 0 Å². The molecule has 1 heterocycles. The standard InChI is InChI=1S/C40H67B2NO4/c1-11-13-15-17-18-20-22-30(21-19-16-14-12-2)29-43-35-27-31(41-46-39(7,8)37(3,4)44)23-25-33(35)34-26-24-32(28-36(34)43)42-47-40(9,10)38(5,6)45/h23-28,30,41-42,44-45H,11-22,29H2,1-10H3. The molecule has 0 aliphatic heterocycles. The maximum absolute atomic E-state index is 10.7.